The minimum atomic E-state index is -0.454. The number of amides is 1. The van der Waals surface area contributed by atoms with Crippen LogP contribution in [0.1, 0.15) is 70.2 Å². The number of nitrogens with zero attached hydrogens (tertiary/aromatic N) is 1. The molecule has 0 aliphatic heterocycles. The molecule has 1 amide bonds. The summed E-state index contributed by atoms with van der Waals surface area (Å²) in [5.74, 6) is 0.367. The second-order valence-electron chi connectivity index (χ2n) is 7.35. The maximum Gasteiger partial charge on any atom is 0.250 e. The predicted molar refractivity (Wildman–Crippen MR) is 134 cm³/mol. The number of ether oxygens (including phenoxy) is 1. The summed E-state index contributed by atoms with van der Waals surface area (Å²) < 4.78 is 20.9. The van der Waals surface area contributed by atoms with Gasteiger partial charge in [0.1, 0.15) is 11.6 Å². The number of aromatic nitrogens is 1. The van der Waals surface area contributed by atoms with E-state index >= 15 is 0 Å². The quantitative estimate of drug-likeness (QED) is 0.411. The Balaban J connectivity index is 0.000000914. The fourth-order valence-electron chi connectivity index (χ4n) is 3.77. The zero-order valence-electron chi connectivity index (χ0n) is 20.1. The van der Waals surface area contributed by atoms with Gasteiger partial charge in [-0.25, -0.2) is 4.39 Å². The number of halogens is 1. The molecule has 0 saturated heterocycles. The Labute approximate surface area is 196 Å². The fraction of sp³-hybridized carbons (Fsp3) is 0.370. The van der Waals surface area contributed by atoms with Gasteiger partial charge in [0, 0.05) is 24.0 Å². The van der Waals surface area contributed by atoms with Crippen molar-refractivity contribution in [2.45, 2.75) is 65.8 Å². The van der Waals surface area contributed by atoms with Gasteiger partial charge in [-0.05, 0) is 61.4 Å². The van der Waals surface area contributed by atoms with Crippen LogP contribution >= 0.6 is 0 Å². The van der Waals surface area contributed by atoms with Crippen LogP contribution in [-0.2, 0) is 0 Å². The molecule has 2 aromatic carbocycles. The maximum absolute atomic E-state index is 13.1. The number of anilines is 1. The number of hydrogen-bond acceptors (Lipinski definition) is 3. The molecule has 0 radical (unpaired) electrons. The van der Waals surface area contributed by atoms with Crippen LogP contribution in [-0.4, -0.2) is 16.5 Å². The van der Waals surface area contributed by atoms with Gasteiger partial charge in [0.05, 0.1) is 11.3 Å². The Bertz CT molecular complexity index is 993. The molecule has 0 atom stereocenters. The molecule has 1 aromatic heterocycles. The van der Waals surface area contributed by atoms with E-state index in [9.17, 15) is 9.18 Å². The number of nitrogens with two attached hydrogens (primary N) is 1. The Morgan fingerprint density at radius 2 is 1.67 bits per heavy atom. The van der Waals surface area contributed by atoms with Gasteiger partial charge in [-0.3, -0.25) is 9.36 Å². The number of rotatable bonds is 6. The second kappa shape index (κ2) is 13.3. The van der Waals surface area contributed by atoms with Crippen LogP contribution in [0.15, 0.2) is 60.8 Å². The lowest BCUT2D eigenvalue weighted by Crippen LogP contribution is -2.24. The van der Waals surface area contributed by atoms with E-state index in [-0.39, 0.29) is 5.82 Å². The minimum absolute atomic E-state index is 0.312. The Hall–Kier alpha value is -3.28. The Morgan fingerprint density at radius 1 is 1.00 bits per heavy atom. The molecule has 1 heterocycles. The van der Waals surface area contributed by atoms with E-state index in [0.717, 1.165) is 24.2 Å². The van der Waals surface area contributed by atoms with E-state index in [4.69, 9.17) is 10.5 Å². The smallest absolute Gasteiger partial charge is 0.250 e. The highest BCUT2D eigenvalue weighted by atomic mass is 19.1. The van der Waals surface area contributed by atoms with Gasteiger partial charge in [0.25, 0.3) is 5.91 Å². The lowest BCUT2D eigenvalue weighted by Gasteiger charge is -2.25. The standard InChI is InChI=1S/C23H24FN3O2.2C2H6/c24-16-8-11-19(12-9-16)29-22-7-4-14-27(22)18-10-13-20(23(25)28)21(15-18)26-17-5-2-1-3-6-17;2*1-2/h4,7-15,17,26H,1-3,5-6H2,(H2,25,28);2*1-2H3. The van der Waals surface area contributed by atoms with Gasteiger partial charge in [-0.15, -0.1) is 0 Å². The molecule has 4 rings (SSSR count). The van der Waals surface area contributed by atoms with Crippen LogP contribution in [0.5, 0.6) is 11.6 Å². The lowest BCUT2D eigenvalue weighted by molar-refractivity contribution is 0.100. The van der Waals surface area contributed by atoms with E-state index in [2.05, 4.69) is 5.32 Å². The van der Waals surface area contributed by atoms with Crippen molar-refractivity contribution in [2.75, 3.05) is 5.32 Å². The summed E-state index contributed by atoms with van der Waals surface area (Å²) in [4.78, 5) is 11.9. The third kappa shape index (κ3) is 7.11. The van der Waals surface area contributed by atoms with E-state index in [1.165, 1.54) is 31.4 Å². The number of nitrogens with one attached hydrogen (secondary N) is 1. The average molecular weight is 454 g/mol. The van der Waals surface area contributed by atoms with Crippen molar-refractivity contribution < 1.29 is 13.9 Å². The SMILES string of the molecule is CC.CC.NC(=O)c1ccc(-n2cccc2Oc2ccc(F)cc2)cc1NC1CCCCC1. The van der Waals surface area contributed by atoms with Crippen LogP contribution in [0.25, 0.3) is 5.69 Å². The van der Waals surface area contributed by atoms with Crippen molar-refractivity contribution in [1.82, 2.24) is 4.57 Å². The van der Waals surface area contributed by atoms with Crippen molar-refractivity contribution in [3.05, 3.63) is 72.2 Å². The van der Waals surface area contributed by atoms with Crippen molar-refractivity contribution >= 4 is 11.6 Å². The first-order chi connectivity index (χ1) is 16.1. The molecule has 5 nitrogen and oxygen atoms in total. The molecule has 33 heavy (non-hydrogen) atoms. The number of benzene rings is 2. The lowest BCUT2D eigenvalue weighted by atomic mass is 9.95. The van der Waals surface area contributed by atoms with E-state index in [0.29, 0.717) is 23.2 Å². The topological polar surface area (TPSA) is 69.3 Å². The molecule has 1 aliphatic rings. The highest BCUT2D eigenvalue weighted by molar-refractivity contribution is 5.99. The summed E-state index contributed by atoms with van der Waals surface area (Å²) >= 11 is 0. The van der Waals surface area contributed by atoms with Crippen LogP contribution in [0, 0.1) is 5.82 Å². The molecule has 0 spiro atoms. The number of primary amides is 1. The van der Waals surface area contributed by atoms with Gasteiger partial charge < -0.3 is 15.8 Å². The molecule has 178 valence electrons. The molecule has 6 heteroatoms. The second-order valence-corrected chi connectivity index (χ2v) is 7.35. The van der Waals surface area contributed by atoms with E-state index in [1.54, 1.807) is 18.2 Å². The van der Waals surface area contributed by atoms with Gasteiger partial charge in [-0.1, -0.05) is 47.0 Å². The summed E-state index contributed by atoms with van der Waals surface area (Å²) in [7, 11) is 0. The highest BCUT2D eigenvalue weighted by Crippen LogP contribution is 2.29. The van der Waals surface area contributed by atoms with E-state index < -0.39 is 5.91 Å². The van der Waals surface area contributed by atoms with E-state index in [1.807, 2.05) is 62.7 Å². The fourth-order valence-corrected chi connectivity index (χ4v) is 3.77. The summed E-state index contributed by atoms with van der Waals surface area (Å²) in [6.07, 6.45) is 7.69. The van der Waals surface area contributed by atoms with Crippen molar-refractivity contribution in [3.63, 3.8) is 0 Å². The molecule has 1 saturated carbocycles. The maximum atomic E-state index is 13.1. The molecular weight excluding hydrogens is 417 g/mol. The summed E-state index contributed by atoms with van der Waals surface area (Å²) in [5.41, 5.74) is 7.65. The van der Waals surface area contributed by atoms with Crippen LogP contribution in [0.2, 0.25) is 0 Å². The highest BCUT2D eigenvalue weighted by Gasteiger charge is 2.17. The predicted octanol–water partition coefficient (Wildman–Crippen LogP) is 7.30. The molecule has 0 bridgehead atoms. The van der Waals surface area contributed by atoms with Crippen molar-refractivity contribution in [2.24, 2.45) is 5.73 Å². The van der Waals surface area contributed by atoms with Crippen LogP contribution in [0.4, 0.5) is 10.1 Å². The molecule has 3 N–H and O–H groups in total. The average Bonchev–Trinajstić information content (AvgIpc) is 3.32. The van der Waals surface area contributed by atoms with Gasteiger partial charge >= 0.3 is 0 Å². The van der Waals surface area contributed by atoms with Crippen molar-refractivity contribution in [1.29, 1.82) is 0 Å². The number of carbonyl (C=O) groups is 1. The molecule has 1 fully saturated rings. The van der Waals surface area contributed by atoms with Crippen molar-refractivity contribution in [3.8, 4) is 17.3 Å². The van der Waals surface area contributed by atoms with Gasteiger partial charge in [0.2, 0.25) is 5.88 Å². The Kier molecular flexibility index (Phi) is 10.5. The Morgan fingerprint density at radius 3 is 2.30 bits per heavy atom. The third-order valence-electron chi connectivity index (χ3n) is 5.26. The summed E-state index contributed by atoms with van der Waals surface area (Å²) in [6.45, 7) is 8.00. The summed E-state index contributed by atoms with van der Waals surface area (Å²) in [6, 6.07) is 15.4. The number of hydrogen-bond donors (Lipinski definition) is 2. The summed E-state index contributed by atoms with van der Waals surface area (Å²) in [5, 5.41) is 3.51. The number of carbonyl (C=O) groups excluding carboxylic acids is 1. The molecule has 1 aliphatic carbocycles. The molecule has 3 aromatic rings. The first-order valence-corrected chi connectivity index (χ1v) is 11.9. The first kappa shape index (κ1) is 26.0. The molecule has 0 unspecified atom stereocenters. The zero-order chi connectivity index (χ0) is 24.2. The minimum Gasteiger partial charge on any atom is -0.440 e. The van der Waals surface area contributed by atoms with Crippen LogP contribution < -0.4 is 15.8 Å². The largest absolute Gasteiger partial charge is 0.440 e. The molecular formula is C27H36FN3O2. The van der Waals surface area contributed by atoms with Gasteiger partial charge in [-0.2, -0.15) is 0 Å². The zero-order valence-corrected chi connectivity index (χ0v) is 20.1. The normalized spacial score (nSPS) is 13.1. The van der Waals surface area contributed by atoms with Crippen LogP contribution in [0.3, 0.4) is 0 Å². The monoisotopic (exact) mass is 453 g/mol. The third-order valence-corrected chi connectivity index (χ3v) is 5.26. The first-order valence-electron chi connectivity index (χ1n) is 11.9. The van der Waals surface area contributed by atoms with Gasteiger partial charge in [0.15, 0.2) is 0 Å².